The van der Waals surface area contributed by atoms with Crippen molar-refractivity contribution in [1.82, 2.24) is 10.6 Å². The molecule has 2 heterocycles. The molecule has 2 rings (SSSR count). The summed E-state index contributed by atoms with van der Waals surface area (Å²) in [5.41, 5.74) is 0. The van der Waals surface area contributed by atoms with Crippen molar-refractivity contribution >= 4 is 5.91 Å². The van der Waals surface area contributed by atoms with Gasteiger partial charge in [-0.3, -0.25) is 4.79 Å². The summed E-state index contributed by atoms with van der Waals surface area (Å²) in [6.45, 7) is 1.08. The van der Waals surface area contributed by atoms with E-state index in [2.05, 4.69) is 10.6 Å². The second kappa shape index (κ2) is 2.81. The Hall–Kier alpha value is -0.570. The summed E-state index contributed by atoms with van der Waals surface area (Å²) in [6, 6.07) is 0.843. The van der Waals surface area contributed by atoms with Crippen LogP contribution in [0, 0.1) is 0 Å². The Morgan fingerprint density at radius 1 is 1.27 bits per heavy atom. The van der Waals surface area contributed by atoms with Crippen LogP contribution in [0.5, 0.6) is 0 Å². The first-order valence-electron chi connectivity index (χ1n) is 4.39. The zero-order valence-corrected chi connectivity index (χ0v) is 6.60. The van der Waals surface area contributed by atoms with Gasteiger partial charge in [0.1, 0.15) is 0 Å². The average molecular weight is 154 g/mol. The first kappa shape index (κ1) is 7.10. The number of carbonyl (C=O) groups is 1. The molecule has 2 aliphatic rings. The van der Waals surface area contributed by atoms with E-state index in [1.165, 1.54) is 12.8 Å². The van der Waals surface area contributed by atoms with Crippen LogP contribution in [0.15, 0.2) is 0 Å². The molecular weight excluding hydrogens is 140 g/mol. The Morgan fingerprint density at radius 3 is 3.09 bits per heavy atom. The lowest BCUT2D eigenvalue weighted by Gasteiger charge is -2.14. The third-order valence-electron chi connectivity index (χ3n) is 2.59. The number of nitrogens with one attached hydrogen (secondary N) is 2. The molecule has 2 N–H and O–H groups in total. The maximum atomic E-state index is 11.0. The molecule has 0 aromatic heterocycles. The highest BCUT2D eigenvalue weighted by molar-refractivity contribution is 5.79. The third kappa shape index (κ3) is 1.38. The summed E-state index contributed by atoms with van der Waals surface area (Å²) in [5, 5.41) is 6.38. The number of amides is 1. The minimum atomic E-state index is 0.217. The molecule has 2 saturated heterocycles. The van der Waals surface area contributed by atoms with E-state index in [-0.39, 0.29) is 5.91 Å². The molecule has 0 spiro atoms. The van der Waals surface area contributed by atoms with Crippen LogP contribution in [0.4, 0.5) is 0 Å². The summed E-state index contributed by atoms with van der Waals surface area (Å²) >= 11 is 0. The van der Waals surface area contributed by atoms with Gasteiger partial charge in [0.15, 0.2) is 0 Å². The Labute approximate surface area is 66.5 Å². The summed E-state index contributed by atoms with van der Waals surface area (Å²) < 4.78 is 0. The van der Waals surface area contributed by atoms with Crippen LogP contribution in [0.1, 0.15) is 25.7 Å². The number of hydrogen-bond donors (Lipinski definition) is 2. The number of carbonyl (C=O) groups excluding carboxylic acids is 1. The fourth-order valence-corrected chi connectivity index (χ4v) is 1.97. The molecule has 0 aromatic carbocycles. The summed E-state index contributed by atoms with van der Waals surface area (Å²) in [4.78, 5) is 11.0. The minimum Gasteiger partial charge on any atom is -0.352 e. The summed E-state index contributed by atoms with van der Waals surface area (Å²) in [7, 11) is 0. The van der Waals surface area contributed by atoms with Gasteiger partial charge in [-0.2, -0.15) is 0 Å². The summed E-state index contributed by atoms with van der Waals surface area (Å²) in [6.07, 6.45) is 4.34. The molecule has 0 saturated carbocycles. The Bertz CT molecular complexity index is 153. The normalized spacial score (nSPS) is 37.6. The van der Waals surface area contributed by atoms with E-state index in [1.807, 2.05) is 0 Å². The molecule has 0 bridgehead atoms. The fourth-order valence-electron chi connectivity index (χ4n) is 1.97. The van der Waals surface area contributed by atoms with E-state index >= 15 is 0 Å². The van der Waals surface area contributed by atoms with Gasteiger partial charge in [-0.25, -0.2) is 0 Å². The van der Waals surface area contributed by atoms with E-state index in [0.29, 0.717) is 18.5 Å². The van der Waals surface area contributed by atoms with E-state index in [0.717, 1.165) is 13.0 Å². The fraction of sp³-hybridized carbons (Fsp3) is 0.875. The van der Waals surface area contributed by atoms with E-state index in [9.17, 15) is 4.79 Å². The molecule has 3 nitrogen and oxygen atoms in total. The molecule has 11 heavy (non-hydrogen) atoms. The zero-order chi connectivity index (χ0) is 7.68. The Kier molecular flexibility index (Phi) is 1.82. The van der Waals surface area contributed by atoms with Crippen molar-refractivity contribution in [2.24, 2.45) is 0 Å². The van der Waals surface area contributed by atoms with Crippen LogP contribution in [-0.4, -0.2) is 24.5 Å². The summed E-state index contributed by atoms with van der Waals surface area (Å²) in [5.74, 6) is 0.217. The predicted molar refractivity (Wildman–Crippen MR) is 42.2 cm³/mol. The van der Waals surface area contributed by atoms with Gasteiger partial charge in [0.05, 0.1) is 0 Å². The lowest BCUT2D eigenvalue weighted by Crippen LogP contribution is -2.38. The minimum absolute atomic E-state index is 0.217. The zero-order valence-electron chi connectivity index (χ0n) is 6.60. The SMILES string of the molecule is O=C1C[C@H]2NCCCC[C@H]2N1. The van der Waals surface area contributed by atoms with Gasteiger partial charge in [-0.1, -0.05) is 6.42 Å². The van der Waals surface area contributed by atoms with Crippen LogP contribution in [0.2, 0.25) is 0 Å². The monoisotopic (exact) mass is 154 g/mol. The lowest BCUT2D eigenvalue weighted by molar-refractivity contribution is -0.119. The third-order valence-corrected chi connectivity index (χ3v) is 2.59. The molecule has 2 atom stereocenters. The molecule has 0 unspecified atom stereocenters. The van der Waals surface area contributed by atoms with Crippen molar-refractivity contribution in [2.75, 3.05) is 6.54 Å². The quantitative estimate of drug-likeness (QED) is 0.516. The van der Waals surface area contributed by atoms with E-state index in [4.69, 9.17) is 0 Å². The van der Waals surface area contributed by atoms with Crippen molar-refractivity contribution in [3.63, 3.8) is 0 Å². The maximum absolute atomic E-state index is 11.0. The van der Waals surface area contributed by atoms with E-state index < -0.39 is 0 Å². The topological polar surface area (TPSA) is 41.1 Å². The largest absolute Gasteiger partial charge is 0.352 e. The second-order valence-electron chi connectivity index (χ2n) is 3.43. The lowest BCUT2D eigenvalue weighted by atomic mass is 10.1. The van der Waals surface area contributed by atoms with Crippen LogP contribution in [0.25, 0.3) is 0 Å². The Balaban J connectivity index is 2.01. The molecule has 3 heteroatoms. The first-order chi connectivity index (χ1) is 5.36. The molecule has 0 radical (unpaired) electrons. The number of rotatable bonds is 0. The molecule has 0 aromatic rings. The van der Waals surface area contributed by atoms with Gasteiger partial charge in [0.25, 0.3) is 0 Å². The van der Waals surface area contributed by atoms with Gasteiger partial charge in [0.2, 0.25) is 5.91 Å². The van der Waals surface area contributed by atoms with Gasteiger partial charge in [-0.15, -0.1) is 0 Å². The van der Waals surface area contributed by atoms with Crippen LogP contribution in [0.3, 0.4) is 0 Å². The average Bonchev–Trinajstić information content (AvgIpc) is 2.17. The molecule has 1 amide bonds. The smallest absolute Gasteiger partial charge is 0.221 e. The number of hydrogen-bond acceptors (Lipinski definition) is 2. The standard InChI is InChI=1S/C8H14N2O/c11-8-5-7-6(10-8)3-1-2-4-9-7/h6-7,9H,1-5H2,(H,10,11)/t6-,7-/m1/s1. The van der Waals surface area contributed by atoms with Gasteiger partial charge in [0, 0.05) is 18.5 Å². The van der Waals surface area contributed by atoms with Crippen LogP contribution < -0.4 is 10.6 Å². The maximum Gasteiger partial charge on any atom is 0.221 e. The molecule has 0 aliphatic carbocycles. The predicted octanol–water partition coefficient (Wildman–Crippen LogP) is 0.0170. The van der Waals surface area contributed by atoms with Crippen molar-refractivity contribution in [2.45, 2.75) is 37.8 Å². The highest BCUT2D eigenvalue weighted by atomic mass is 16.2. The van der Waals surface area contributed by atoms with E-state index in [1.54, 1.807) is 0 Å². The van der Waals surface area contributed by atoms with Crippen molar-refractivity contribution in [1.29, 1.82) is 0 Å². The van der Waals surface area contributed by atoms with Crippen molar-refractivity contribution < 1.29 is 4.79 Å². The van der Waals surface area contributed by atoms with Crippen LogP contribution in [-0.2, 0) is 4.79 Å². The molecule has 62 valence electrons. The van der Waals surface area contributed by atoms with Gasteiger partial charge >= 0.3 is 0 Å². The van der Waals surface area contributed by atoms with Crippen LogP contribution >= 0.6 is 0 Å². The van der Waals surface area contributed by atoms with Gasteiger partial charge < -0.3 is 10.6 Å². The van der Waals surface area contributed by atoms with Gasteiger partial charge in [-0.05, 0) is 19.4 Å². The first-order valence-corrected chi connectivity index (χ1v) is 4.39. The van der Waals surface area contributed by atoms with Crippen molar-refractivity contribution in [3.05, 3.63) is 0 Å². The number of fused-ring (bicyclic) bond motifs is 1. The highest BCUT2D eigenvalue weighted by Crippen LogP contribution is 2.16. The molecule has 2 fully saturated rings. The second-order valence-corrected chi connectivity index (χ2v) is 3.43. The molecular formula is C8H14N2O. The molecule has 2 aliphatic heterocycles. The Morgan fingerprint density at radius 2 is 2.18 bits per heavy atom. The highest BCUT2D eigenvalue weighted by Gasteiger charge is 2.32. The van der Waals surface area contributed by atoms with Crippen molar-refractivity contribution in [3.8, 4) is 0 Å².